The van der Waals surface area contributed by atoms with Crippen molar-refractivity contribution in [3.63, 3.8) is 0 Å². The molecule has 2 aromatic carbocycles. The lowest BCUT2D eigenvalue weighted by Gasteiger charge is -2.29. The molecule has 180 valence electrons. The number of carbonyl (C=O) groups excluding carboxylic acids is 2. The average Bonchev–Trinajstić information content (AvgIpc) is 3.06. The Kier molecular flexibility index (Phi) is 6.66. The molecule has 0 atom stereocenters. The molecule has 35 heavy (non-hydrogen) atoms. The van der Waals surface area contributed by atoms with E-state index in [4.69, 9.17) is 35.4 Å². The van der Waals surface area contributed by atoms with Crippen LogP contribution in [0.1, 0.15) is 43.3 Å². The first-order valence-corrected chi connectivity index (χ1v) is 12.2. The monoisotopic (exact) mass is 525 g/mol. The largest absolute Gasteiger partial charge is 0.318 e. The van der Waals surface area contributed by atoms with Crippen molar-refractivity contribution in [2.45, 2.75) is 40.0 Å². The van der Waals surface area contributed by atoms with Gasteiger partial charge in [0.1, 0.15) is 5.57 Å². The number of halogens is 2. The first-order chi connectivity index (χ1) is 16.4. The lowest BCUT2D eigenvalue weighted by atomic mass is 9.87. The summed E-state index contributed by atoms with van der Waals surface area (Å²) in [5, 5.41) is 3.00. The Hall–Kier alpha value is -2.93. The molecule has 4 rings (SSSR count). The molecule has 0 saturated carbocycles. The van der Waals surface area contributed by atoms with Crippen molar-refractivity contribution in [3.8, 4) is 5.69 Å². The Morgan fingerprint density at radius 3 is 2.29 bits per heavy atom. The fraction of sp³-hybridized carbons (Fsp3) is 0.222. The fourth-order valence-corrected chi connectivity index (χ4v) is 4.79. The van der Waals surface area contributed by atoms with Crippen molar-refractivity contribution < 1.29 is 9.59 Å². The Bertz CT molecular complexity index is 1400. The molecule has 0 radical (unpaired) electrons. The Morgan fingerprint density at radius 1 is 1.00 bits per heavy atom. The number of anilines is 1. The number of aromatic nitrogens is 1. The molecule has 1 aliphatic rings. The van der Waals surface area contributed by atoms with Crippen LogP contribution in [-0.4, -0.2) is 21.5 Å². The minimum Gasteiger partial charge on any atom is -0.318 e. The maximum atomic E-state index is 13.4. The van der Waals surface area contributed by atoms with Gasteiger partial charge in [-0.3, -0.25) is 19.8 Å². The minimum absolute atomic E-state index is 0.0435. The van der Waals surface area contributed by atoms with Crippen LogP contribution in [0, 0.1) is 13.8 Å². The molecule has 8 heteroatoms. The second kappa shape index (κ2) is 9.26. The summed E-state index contributed by atoms with van der Waals surface area (Å²) < 4.78 is 2.10. The molecule has 0 unspecified atom stereocenters. The van der Waals surface area contributed by atoms with Crippen molar-refractivity contribution in [3.05, 3.63) is 86.7 Å². The Labute approximate surface area is 220 Å². The molecule has 1 N–H and O–H groups in total. The highest BCUT2D eigenvalue weighted by molar-refractivity contribution is 7.80. The first kappa shape index (κ1) is 25.2. The van der Waals surface area contributed by atoms with Gasteiger partial charge in [0.15, 0.2) is 5.11 Å². The number of aryl methyl sites for hydroxylation is 1. The lowest BCUT2D eigenvalue weighted by molar-refractivity contribution is -0.122. The smallest absolute Gasteiger partial charge is 0.270 e. The predicted molar refractivity (Wildman–Crippen MR) is 147 cm³/mol. The van der Waals surface area contributed by atoms with E-state index in [9.17, 15) is 9.59 Å². The van der Waals surface area contributed by atoms with Crippen LogP contribution in [0.5, 0.6) is 0 Å². The SMILES string of the molecule is Cc1cc(/C=C2/C(=O)NC(=S)N(c3cccc(Cl)c3Cl)C2=O)c(C)n1-c1ccc(C(C)(C)C)cc1. The molecule has 0 aliphatic carbocycles. The lowest BCUT2D eigenvalue weighted by Crippen LogP contribution is -2.54. The highest BCUT2D eigenvalue weighted by atomic mass is 35.5. The normalized spacial score (nSPS) is 15.7. The van der Waals surface area contributed by atoms with E-state index in [-0.39, 0.29) is 26.1 Å². The summed E-state index contributed by atoms with van der Waals surface area (Å²) in [6.45, 7) is 10.5. The van der Waals surface area contributed by atoms with E-state index in [0.717, 1.165) is 22.6 Å². The van der Waals surface area contributed by atoms with Gasteiger partial charge < -0.3 is 4.57 Å². The third kappa shape index (κ3) is 4.66. The van der Waals surface area contributed by atoms with E-state index in [1.165, 1.54) is 10.5 Å². The number of carbonyl (C=O) groups is 2. The van der Waals surface area contributed by atoms with E-state index < -0.39 is 11.8 Å². The zero-order valence-corrected chi connectivity index (χ0v) is 22.4. The van der Waals surface area contributed by atoms with Crippen LogP contribution in [0.2, 0.25) is 10.0 Å². The van der Waals surface area contributed by atoms with Crippen molar-refractivity contribution in [1.29, 1.82) is 0 Å². The predicted octanol–water partition coefficient (Wildman–Crippen LogP) is 6.53. The quantitative estimate of drug-likeness (QED) is 0.240. The second-order valence-electron chi connectivity index (χ2n) is 9.49. The fourth-order valence-electron chi connectivity index (χ4n) is 4.14. The van der Waals surface area contributed by atoms with E-state index in [1.807, 2.05) is 19.9 Å². The van der Waals surface area contributed by atoms with Crippen LogP contribution in [0.15, 0.2) is 54.1 Å². The molecule has 2 heterocycles. The summed E-state index contributed by atoms with van der Waals surface area (Å²) in [6, 6.07) is 15.3. The third-order valence-electron chi connectivity index (χ3n) is 6.04. The standard InChI is InChI=1S/C27H25Cl2N3O2S/c1-15-13-17(16(2)31(15)19-11-9-18(10-12-19)27(3,4)5)14-20-24(33)30-26(35)32(25(20)34)22-8-6-7-21(28)23(22)29/h6-14H,1-5H3,(H,30,33,35)/b20-14-. The van der Waals surface area contributed by atoms with Gasteiger partial charge in [0.05, 0.1) is 15.7 Å². The van der Waals surface area contributed by atoms with Gasteiger partial charge in [0.25, 0.3) is 11.8 Å². The van der Waals surface area contributed by atoms with Gasteiger partial charge in [0.2, 0.25) is 0 Å². The maximum Gasteiger partial charge on any atom is 0.270 e. The van der Waals surface area contributed by atoms with Gasteiger partial charge >= 0.3 is 0 Å². The van der Waals surface area contributed by atoms with Crippen LogP contribution < -0.4 is 10.2 Å². The summed E-state index contributed by atoms with van der Waals surface area (Å²) in [5.74, 6) is -1.13. The average molecular weight is 526 g/mol. The zero-order chi connectivity index (χ0) is 25.7. The van der Waals surface area contributed by atoms with Crippen molar-refractivity contribution in [1.82, 2.24) is 9.88 Å². The molecule has 0 bridgehead atoms. The van der Waals surface area contributed by atoms with E-state index in [1.54, 1.807) is 24.3 Å². The first-order valence-electron chi connectivity index (χ1n) is 11.1. The van der Waals surface area contributed by atoms with Gasteiger partial charge in [0, 0.05) is 17.1 Å². The van der Waals surface area contributed by atoms with Crippen molar-refractivity contribution >= 4 is 64.1 Å². The minimum atomic E-state index is -0.567. The Morgan fingerprint density at radius 2 is 1.66 bits per heavy atom. The summed E-state index contributed by atoms with van der Waals surface area (Å²) in [5.41, 5.74) is 5.21. The molecular formula is C27H25Cl2N3O2S. The van der Waals surface area contributed by atoms with Crippen LogP contribution in [0.4, 0.5) is 5.69 Å². The molecule has 1 aromatic heterocycles. The van der Waals surface area contributed by atoms with Crippen molar-refractivity contribution in [2.24, 2.45) is 0 Å². The number of hydrogen-bond donors (Lipinski definition) is 1. The molecule has 1 saturated heterocycles. The number of rotatable bonds is 3. The molecular weight excluding hydrogens is 501 g/mol. The van der Waals surface area contributed by atoms with Crippen LogP contribution >= 0.6 is 35.4 Å². The van der Waals surface area contributed by atoms with Gasteiger partial charge in [-0.05, 0) is 79.0 Å². The van der Waals surface area contributed by atoms with Gasteiger partial charge in [-0.25, -0.2) is 0 Å². The van der Waals surface area contributed by atoms with Gasteiger partial charge in [-0.1, -0.05) is 62.2 Å². The second-order valence-corrected chi connectivity index (χ2v) is 10.7. The molecule has 1 fully saturated rings. The number of nitrogens with one attached hydrogen (secondary N) is 1. The summed E-state index contributed by atoms with van der Waals surface area (Å²) >= 11 is 17.8. The summed E-state index contributed by atoms with van der Waals surface area (Å²) in [4.78, 5) is 27.4. The topological polar surface area (TPSA) is 54.3 Å². The molecule has 0 spiro atoms. The number of amides is 2. The summed E-state index contributed by atoms with van der Waals surface area (Å²) in [7, 11) is 0. The maximum absolute atomic E-state index is 13.4. The number of thiocarbonyl (C=S) groups is 1. The van der Waals surface area contributed by atoms with E-state index in [2.05, 4.69) is 54.9 Å². The molecule has 3 aromatic rings. The Balaban J connectivity index is 1.75. The molecule has 2 amide bonds. The van der Waals surface area contributed by atoms with Crippen LogP contribution in [-0.2, 0) is 15.0 Å². The highest BCUT2D eigenvalue weighted by Crippen LogP contribution is 2.35. The summed E-state index contributed by atoms with van der Waals surface area (Å²) in [6.07, 6.45) is 1.59. The van der Waals surface area contributed by atoms with Crippen molar-refractivity contribution in [2.75, 3.05) is 4.90 Å². The number of hydrogen-bond acceptors (Lipinski definition) is 3. The molecule has 1 aliphatic heterocycles. The van der Waals surface area contributed by atoms with Gasteiger partial charge in [-0.15, -0.1) is 0 Å². The highest BCUT2D eigenvalue weighted by Gasteiger charge is 2.36. The van der Waals surface area contributed by atoms with Gasteiger partial charge in [-0.2, -0.15) is 0 Å². The number of benzene rings is 2. The molecule has 5 nitrogen and oxygen atoms in total. The third-order valence-corrected chi connectivity index (χ3v) is 7.13. The number of nitrogens with zero attached hydrogens (tertiary/aromatic N) is 2. The van der Waals surface area contributed by atoms with Crippen LogP contribution in [0.3, 0.4) is 0 Å². The zero-order valence-electron chi connectivity index (χ0n) is 20.1. The van der Waals surface area contributed by atoms with E-state index >= 15 is 0 Å². The van der Waals surface area contributed by atoms with Crippen LogP contribution in [0.25, 0.3) is 11.8 Å². The van der Waals surface area contributed by atoms with E-state index in [0.29, 0.717) is 5.69 Å².